The standard InChI is InChI=1S/C20H20N4O2/c1-26-18-8-3-2-6-14(18)12-24-11-9-15-17(13-24)22-19(23-20(15)25)16-7-4-5-10-21-16/h2-8,10H,9,11-13H2,1H3,(H,22,23,25). The third-order valence-electron chi connectivity index (χ3n) is 4.65. The molecular formula is C20H20N4O2. The normalized spacial score (nSPS) is 14.0. The maximum atomic E-state index is 12.5. The zero-order valence-corrected chi connectivity index (χ0v) is 14.6. The molecule has 0 bridgehead atoms. The van der Waals surface area contributed by atoms with Crippen LogP contribution in [0.2, 0.25) is 0 Å². The van der Waals surface area contributed by atoms with Gasteiger partial charge in [-0.2, -0.15) is 0 Å². The molecule has 0 fully saturated rings. The highest BCUT2D eigenvalue weighted by molar-refractivity contribution is 5.49. The van der Waals surface area contributed by atoms with Crippen LogP contribution in [0.3, 0.4) is 0 Å². The summed E-state index contributed by atoms with van der Waals surface area (Å²) in [5.41, 5.74) is 3.35. The molecular weight excluding hydrogens is 328 g/mol. The zero-order chi connectivity index (χ0) is 17.9. The molecule has 3 aromatic rings. The first-order chi connectivity index (χ1) is 12.7. The van der Waals surface area contributed by atoms with Gasteiger partial charge >= 0.3 is 0 Å². The Morgan fingerprint density at radius 1 is 1.19 bits per heavy atom. The highest BCUT2D eigenvalue weighted by Gasteiger charge is 2.22. The van der Waals surface area contributed by atoms with E-state index in [1.807, 2.05) is 36.4 Å². The molecule has 0 unspecified atom stereocenters. The lowest BCUT2D eigenvalue weighted by atomic mass is 10.1. The number of aromatic nitrogens is 3. The van der Waals surface area contributed by atoms with Gasteiger partial charge in [0, 0.05) is 37.0 Å². The van der Waals surface area contributed by atoms with E-state index in [4.69, 9.17) is 4.74 Å². The average molecular weight is 348 g/mol. The van der Waals surface area contributed by atoms with Crippen molar-refractivity contribution in [3.05, 3.63) is 75.8 Å². The van der Waals surface area contributed by atoms with E-state index in [2.05, 4.69) is 25.9 Å². The Morgan fingerprint density at radius 3 is 2.85 bits per heavy atom. The number of fused-ring (bicyclic) bond motifs is 1. The van der Waals surface area contributed by atoms with E-state index in [0.29, 0.717) is 24.5 Å². The molecule has 0 amide bonds. The summed E-state index contributed by atoms with van der Waals surface area (Å²) in [4.78, 5) is 26.6. The SMILES string of the molecule is COc1ccccc1CN1CCc2c(nc(-c3ccccn3)[nH]c2=O)C1. The van der Waals surface area contributed by atoms with Crippen molar-refractivity contribution in [2.45, 2.75) is 19.5 Å². The number of aromatic amines is 1. The fourth-order valence-electron chi connectivity index (χ4n) is 3.33. The first-order valence-electron chi connectivity index (χ1n) is 8.62. The molecule has 0 atom stereocenters. The molecule has 6 heteroatoms. The van der Waals surface area contributed by atoms with Gasteiger partial charge < -0.3 is 9.72 Å². The van der Waals surface area contributed by atoms with Gasteiger partial charge in [-0.15, -0.1) is 0 Å². The van der Waals surface area contributed by atoms with Crippen LogP contribution in [0.15, 0.2) is 53.5 Å². The lowest BCUT2D eigenvalue weighted by Crippen LogP contribution is -2.35. The summed E-state index contributed by atoms with van der Waals surface area (Å²) >= 11 is 0. The van der Waals surface area contributed by atoms with Crippen LogP contribution < -0.4 is 10.3 Å². The fraction of sp³-hybridized carbons (Fsp3) is 0.250. The molecule has 3 heterocycles. The van der Waals surface area contributed by atoms with E-state index in [0.717, 1.165) is 35.7 Å². The summed E-state index contributed by atoms with van der Waals surface area (Å²) in [5, 5.41) is 0. The Hall–Kier alpha value is -2.99. The van der Waals surface area contributed by atoms with E-state index >= 15 is 0 Å². The number of benzene rings is 1. The van der Waals surface area contributed by atoms with Crippen LogP contribution in [0.4, 0.5) is 0 Å². The molecule has 4 rings (SSSR count). The molecule has 1 aromatic carbocycles. The zero-order valence-electron chi connectivity index (χ0n) is 14.6. The second kappa shape index (κ2) is 7.09. The number of hydrogen-bond donors (Lipinski definition) is 1. The highest BCUT2D eigenvalue weighted by Crippen LogP contribution is 2.23. The van der Waals surface area contributed by atoms with Crippen molar-refractivity contribution in [3.63, 3.8) is 0 Å². The van der Waals surface area contributed by atoms with Crippen LogP contribution in [0.25, 0.3) is 11.5 Å². The largest absolute Gasteiger partial charge is 0.496 e. The van der Waals surface area contributed by atoms with Gasteiger partial charge in [0.1, 0.15) is 11.4 Å². The Bertz CT molecular complexity index is 969. The van der Waals surface area contributed by atoms with Gasteiger partial charge in [-0.05, 0) is 24.6 Å². The quantitative estimate of drug-likeness (QED) is 0.784. The first-order valence-corrected chi connectivity index (χ1v) is 8.62. The van der Waals surface area contributed by atoms with E-state index in [-0.39, 0.29) is 5.56 Å². The maximum absolute atomic E-state index is 12.5. The van der Waals surface area contributed by atoms with Crippen LogP contribution in [-0.2, 0) is 19.5 Å². The van der Waals surface area contributed by atoms with Crippen LogP contribution in [0.5, 0.6) is 5.75 Å². The lowest BCUT2D eigenvalue weighted by Gasteiger charge is -2.28. The van der Waals surface area contributed by atoms with Crippen molar-refractivity contribution in [2.75, 3.05) is 13.7 Å². The number of hydrogen-bond acceptors (Lipinski definition) is 5. The minimum absolute atomic E-state index is 0.0624. The molecule has 0 radical (unpaired) electrons. The molecule has 132 valence electrons. The molecule has 0 saturated carbocycles. The average Bonchev–Trinajstić information content (AvgIpc) is 2.69. The number of rotatable bonds is 4. The summed E-state index contributed by atoms with van der Waals surface area (Å²) in [6.07, 6.45) is 2.39. The number of nitrogens with zero attached hydrogens (tertiary/aromatic N) is 3. The Kier molecular flexibility index (Phi) is 4.50. The summed E-state index contributed by atoms with van der Waals surface area (Å²) in [5.74, 6) is 1.40. The monoisotopic (exact) mass is 348 g/mol. The molecule has 1 aliphatic rings. The van der Waals surface area contributed by atoms with E-state index < -0.39 is 0 Å². The van der Waals surface area contributed by atoms with Crippen molar-refractivity contribution in [3.8, 4) is 17.3 Å². The topological polar surface area (TPSA) is 71.1 Å². The van der Waals surface area contributed by atoms with E-state index in [1.54, 1.807) is 13.3 Å². The molecule has 1 N–H and O–H groups in total. The van der Waals surface area contributed by atoms with E-state index in [1.165, 1.54) is 0 Å². The van der Waals surface area contributed by atoms with Gasteiger partial charge in [-0.3, -0.25) is 14.7 Å². The van der Waals surface area contributed by atoms with Gasteiger partial charge in [0.05, 0.1) is 12.8 Å². The van der Waals surface area contributed by atoms with Crippen molar-refractivity contribution < 1.29 is 4.74 Å². The summed E-state index contributed by atoms with van der Waals surface area (Å²) in [7, 11) is 1.69. The summed E-state index contributed by atoms with van der Waals surface area (Å²) in [6.45, 7) is 2.22. The smallest absolute Gasteiger partial charge is 0.254 e. The Labute approximate surface area is 151 Å². The molecule has 2 aromatic heterocycles. The second-order valence-electron chi connectivity index (χ2n) is 6.33. The number of pyridine rings is 1. The summed E-state index contributed by atoms with van der Waals surface area (Å²) in [6, 6.07) is 13.6. The number of methoxy groups -OCH3 is 1. The van der Waals surface area contributed by atoms with Gasteiger partial charge in [0.2, 0.25) is 0 Å². The number of ether oxygens (including phenoxy) is 1. The van der Waals surface area contributed by atoms with Crippen LogP contribution in [-0.4, -0.2) is 33.5 Å². The van der Waals surface area contributed by atoms with Crippen LogP contribution >= 0.6 is 0 Å². The number of nitrogens with one attached hydrogen (secondary N) is 1. The minimum atomic E-state index is -0.0624. The van der Waals surface area contributed by atoms with Crippen molar-refractivity contribution in [1.82, 2.24) is 19.9 Å². The van der Waals surface area contributed by atoms with Crippen molar-refractivity contribution in [2.24, 2.45) is 0 Å². The fourth-order valence-corrected chi connectivity index (χ4v) is 3.33. The first kappa shape index (κ1) is 16.5. The van der Waals surface area contributed by atoms with Gasteiger partial charge in [0.25, 0.3) is 5.56 Å². The van der Waals surface area contributed by atoms with Crippen LogP contribution in [0.1, 0.15) is 16.8 Å². The maximum Gasteiger partial charge on any atom is 0.254 e. The molecule has 0 aliphatic carbocycles. The predicted molar refractivity (Wildman–Crippen MR) is 98.9 cm³/mol. The minimum Gasteiger partial charge on any atom is -0.496 e. The van der Waals surface area contributed by atoms with Crippen molar-refractivity contribution >= 4 is 0 Å². The van der Waals surface area contributed by atoms with E-state index in [9.17, 15) is 4.79 Å². The molecule has 26 heavy (non-hydrogen) atoms. The number of H-pyrrole nitrogens is 1. The molecule has 0 saturated heterocycles. The van der Waals surface area contributed by atoms with Crippen LogP contribution in [0, 0.1) is 0 Å². The lowest BCUT2D eigenvalue weighted by molar-refractivity contribution is 0.237. The molecule has 0 spiro atoms. The van der Waals surface area contributed by atoms with Gasteiger partial charge in [-0.25, -0.2) is 4.98 Å². The molecule has 6 nitrogen and oxygen atoms in total. The van der Waals surface area contributed by atoms with Gasteiger partial charge in [-0.1, -0.05) is 24.3 Å². The number of para-hydroxylation sites is 1. The summed E-state index contributed by atoms with van der Waals surface area (Å²) < 4.78 is 5.45. The Balaban J connectivity index is 1.62. The molecule has 1 aliphatic heterocycles. The predicted octanol–water partition coefficient (Wildman–Crippen LogP) is 2.40. The third kappa shape index (κ3) is 3.23. The second-order valence-corrected chi connectivity index (χ2v) is 6.33. The third-order valence-corrected chi connectivity index (χ3v) is 4.65. The van der Waals surface area contributed by atoms with Crippen molar-refractivity contribution in [1.29, 1.82) is 0 Å². The van der Waals surface area contributed by atoms with Gasteiger partial charge in [0.15, 0.2) is 5.82 Å². The Morgan fingerprint density at radius 2 is 2.04 bits per heavy atom. The highest BCUT2D eigenvalue weighted by atomic mass is 16.5.